The summed E-state index contributed by atoms with van der Waals surface area (Å²) in [7, 11) is 0.332. The second-order valence-electron chi connectivity index (χ2n) is 4.72. The molecule has 16 heavy (non-hydrogen) atoms. The lowest BCUT2D eigenvalue weighted by atomic mass is 10.1. The lowest BCUT2D eigenvalue weighted by molar-refractivity contribution is 0.560. The highest BCUT2D eigenvalue weighted by Gasteiger charge is 1.97. The third-order valence-corrected chi connectivity index (χ3v) is 4.67. The Balaban J connectivity index is 2.88. The highest BCUT2D eigenvalue weighted by Crippen LogP contribution is 2.15. The monoisotopic (exact) mass is 282 g/mol. The topological polar surface area (TPSA) is 0 Å². The Labute approximate surface area is 114 Å². The van der Waals surface area contributed by atoms with Crippen LogP contribution in [-0.4, -0.2) is 14.4 Å². The van der Waals surface area contributed by atoms with Gasteiger partial charge in [-0.05, 0) is 6.42 Å². The van der Waals surface area contributed by atoms with E-state index in [0.717, 1.165) is 6.42 Å². The summed E-state index contributed by atoms with van der Waals surface area (Å²) in [5, 5.41) is 0. The second-order valence-corrected chi connectivity index (χ2v) is 7.70. The molecule has 0 saturated carbocycles. The highest BCUT2D eigenvalue weighted by atomic mass is 35.5. The van der Waals surface area contributed by atoms with Gasteiger partial charge in [0, 0.05) is 9.52 Å². The highest BCUT2D eigenvalue weighted by molar-refractivity contribution is 6.44. The summed E-state index contributed by atoms with van der Waals surface area (Å²) >= 11 is 11.3. The molecule has 0 aromatic carbocycles. The van der Waals surface area contributed by atoms with Gasteiger partial charge in [-0.2, -0.15) is 0 Å². The van der Waals surface area contributed by atoms with Crippen molar-refractivity contribution in [1.82, 2.24) is 0 Å². The normalized spacial score (nSPS) is 12.0. The van der Waals surface area contributed by atoms with Crippen LogP contribution in [0.1, 0.15) is 64.2 Å². The molecule has 0 aliphatic rings. The minimum Gasteiger partial charge on any atom is -0.105 e. The Morgan fingerprint density at radius 1 is 0.750 bits per heavy atom. The fraction of sp³-hybridized carbons (Fsp3) is 1.00. The average Bonchev–Trinajstić information content (AvgIpc) is 2.25. The molecule has 3 heteroatoms. The first-order chi connectivity index (χ1) is 7.77. The van der Waals surface area contributed by atoms with E-state index in [0.29, 0.717) is 9.52 Å². The summed E-state index contributed by atoms with van der Waals surface area (Å²) in [6.07, 6.45) is 13.5. The molecule has 0 aliphatic carbocycles. The minimum atomic E-state index is -0.151. The lowest BCUT2D eigenvalue weighted by Gasteiger charge is -2.02. The molecule has 0 fully saturated rings. The van der Waals surface area contributed by atoms with E-state index in [1.807, 2.05) is 0 Å². The van der Waals surface area contributed by atoms with E-state index in [9.17, 15) is 0 Å². The molecule has 0 aromatic heterocycles. The van der Waals surface area contributed by atoms with Crippen molar-refractivity contribution in [2.45, 2.75) is 81.6 Å². The van der Waals surface area contributed by atoms with Crippen molar-refractivity contribution in [3.05, 3.63) is 0 Å². The van der Waals surface area contributed by atoms with Crippen LogP contribution in [0.3, 0.4) is 0 Å². The van der Waals surface area contributed by atoms with Crippen LogP contribution in [0.4, 0.5) is 0 Å². The van der Waals surface area contributed by atoms with Gasteiger partial charge in [-0.1, -0.05) is 70.4 Å². The second kappa shape index (κ2) is 13.9. The van der Waals surface area contributed by atoms with Gasteiger partial charge in [0.15, 0.2) is 0 Å². The van der Waals surface area contributed by atoms with Crippen molar-refractivity contribution >= 4 is 32.7 Å². The molecule has 0 unspecified atom stereocenters. The van der Waals surface area contributed by atoms with Gasteiger partial charge in [0.1, 0.15) is 4.84 Å². The smallest absolute Gasteiger partial charge is 0.105 e. The van der Waals surface area contributed by atoms with E-state index in [2.05, 4.69) is 6.55 Å². The maximum absolute atomic E-state index is 5.67. The van der Waals surface area contributed by atoms with Gasteiger partial charge < -0.3 is 0 Å². The van der Waals surface area contributed by atoms with Crippen LogP contribution >= 0.6 is 23.2 Å². The van der Waals surface area contributed by atoms with Gasteiger partial charge in [0.2, 0.25) is 0 Å². The molecule has 0 nitrogen and oxygen atoms in total. The zero-order valence-electron chi connectivity index (χ0n) is 10.8. The average molecular weight is 283 g/mol. The predicted octanol–water partition coefficient (Wildman–Crippen LogP) is 5.33. The largest absolute Gasteiger partial charge is 0.107 e. The van der Waals surface area contributed by atoms with Gasteiger partial charge in [-0.15, -0.1) is 23.2 Å². The molecule has 0 aliphatic heterocycles. The van der Waals surface area contributed by atoms with Crippen LogP contribution in [0.25, 0.3) is 0 Å². The summed E-state index contributed by atoms with van der Waals surface area (Å²) in [5.74, 6) is 0. The number of unbranched alkanes of at least 4 members (excludes halogenated alkanes) is 8. The number of halogens is 2. The van der Waals surface area contributed by atoms with Crippen LogP contribution < -0.4 is 0 Å². The number of alkyl halides is 2. The summed E-state index contributed by atoms with van der Waals surface area (Å²) in [6.45, 7) is 2.41. The Morgan fingerprint density at radius 2 is 1.19 bits per heavy atom. The lowest BCUT2D eigenvalue weighted by Crippen LogP contribution is -1.87. The van der Waals surface area contributed by atoms with E-state index in [4.69, 9.17) is 23.2 Å². The first kappa shape index (κ1) is 16.8. The van der Waals surface area contributed by atoms with E-state index < -0.39 is 0 Å². The zero-order chi connectivity index (χ0) is 12.1. The van der Waals surface area contributed by atoms with Crippen molar-refractivity contribution in [1.29, 1.82) is 0 Å². The van der Waals surface area contributed by atoms with Gasteiger partial charge in [-0.25, -0.2) is 0 Å². The first-order valence-electron chi connectivity index (χ1n) is 7.05. The summed E-state index contributed by atoms with van der Waals surface area (Å²) in [5.41, 5.74) is 0. The summed E-state index contributed by atoms with van der Waals surface area (Å²) < 4.78 is 0. The summed E-state index contributed by atoms with van der Waals surface area (Å²) in [4.78, 5) is -0.151. The quantitative estimate of drug-likeness (QED) is 0.258. The fourth-order valence-corrected chi connectivity index (χ4v) is 3.13. The predicted molar refractivity (Wildman–Crippen MR) is 80.9 cm³/mol. The van der Waals surface area contributed by atoms with Gasteiger partial charge >= 0.3 is 0 Å². The molecule has 0 N–H and O–H groups in total. The van der Waals surface area contributed by atoms with E-state index >= 15 is 0 Å². The van der Waals surface area contributed by atoms with Crippen LogP contribution in [0.2, 0.25) is 12.6 Å². The Kier molecular flexibility index (Phi) is 14.6. The molecule has 0 atom stereocenters. The van der Waals surface area contributed by atoms with Crippen molar-refractivity contribution in [3.8, 4) is 0 Å². The third kappa shape index (κ3) is 14.8. The van der Waals surface area contributed by atoms with Crippen LogP contribution in [0.15, 0.2) is 0 Å². The summed E-state index contributed by atoms with van der Waals surface area (Å²) in [6, 6.07) is 1.55. The van der Waals surface area contributed by atoms with Gasteiger partial charge in [0.25, 0.3) is 0 Å². The van der Waals surface area contributed by atoms with Crippen molar-refractivity contribution in [2.75, 3.05) is 0 Å². The zero-order valence-corrected chi connectivity index (χ0v) is 13.7. The molecule has 0 radical (unpaired) electrons. The molecule has 0 saturated heterocycles. The van der Waals surface area contributed by atoms with Crippen LogP contribution in [-0.2, 0) is 0 Å². The third-order valence-electron chi connectivity index (χ3n) is 3.03. The number of hydrogen-bond acceptors (Lipinski definition) is 0. The molecule has 0 spiro atoms. The molecule has 0 heterocycles. The van der Waals surface area contributed by atoms with Crippen molar-refractivity contribution in [3.63, 3.8) is 0 Å². The van der Waals surface area contributed by atoms with Crippen molar-refractivity contribution in [2.24, 2.45) is 0 Å². The Morgan fingerprint density at radius 3 is 1.62 bits per heavy atom. The SMILES string of the molecule is C[SiH2]CCCCCCCCCCCC(Cl)Cl. The standard InChI is InChI=1S/C13H28Cl2Si/c1-16-12-10-8-6-4-2-3-5-7-9-11-13(14)15/h13H,2-12,16H2,1H3. The Hall–Kier alpha value is 0.797. The van der Waals surface area contributed by atoms with Crippen molar-refractivity contribution < 1.29 is 0 Å². The molecule has 0 rings (SSSR count). The van der Waals surface area contributed by atoms with E-state index in [-0.39, 0.29) is 4.84 Å². The fourth-order valence-electron chi connectivity index (χ4n) is 1.96. The van der Waals surface area contributed by atoms with E-state index in [1.165, 1.54) is 57.8 Å². The van der Waals surface area contributed by atoms with Crippen LogP contribution in [0, 0.1) is 0 Å². The molecule has 0 bridgehead atoms. The van der Waals surface area contributed by atoms with Gasteiger partial charge in [-0.3, -0.25) is 0 Å². The molecule has 0 amide bonds. The van der Waals surface area contributed by atoms with Gasteiger partial charge in [0.05, 0.1) is 0 Å². The maximum Gasteiger partial charge on any atom is 0.107 e. The van der Waals surface area contributed by atoms with Crippen LogP contribution in [0.5, 0.6) is 0 Å². The van der Waals surface area contributed by atoms with E-state index in [1.54, 1.807) is 6.04 Å². The molecular weight excluding hydrogens is 255 g/mol. The minimum absolute atomic E-state index is 0.151. The Bertz CT molecular complexity index is 129. The number of hydrogen-bond donors (Lipinski definition) is 0. The number of rotatable bonds is 12. The molecule has 0 aromatic rings. The molecule has 98 valence electrons. The first-order valence-corrected chi connectivity index (χ1v) is 10.3. The molecular formula is C13H28Cl2Si. The maximum atomic E-state index is 5.67.